The average Bonchev–Trinajstić information content (AvgIpc) is 2.20. The molecule has 0 aliphatic heterocycles. The van der Waals surface area contributed by atoms with E-state index in [9.17, 15) is 4.79 Å². The van der Waals surface area contributed by atoms with Gasteiger partial charge in [0.05, 0.1) is 0 Å². The van der Waals surface area contributed by atoms with Crippen molar-refractivity contribution in [2.24, 2.45) is 0 Å². The smallest absolute Gasteiger partial charge is 0.159 e. The van der Waals surface area contributed by atoms with E-state index in [4.69, 9.17) is 0 Å². The standard InChI is InChI=1S/C9H11O/c1-3-4-8-7(2)5-6-9(8)10/h3,5H,1,4,6H2,2H3. The number of hydrogen-bond donors (Lipinski definition) is 0. The normalized spacial score (nSPS) is 18.3. The molecule has 1 aliphatic carbocycles. The highest BCUT2D eigenvalue weighted by atomic mass is 16.1. The number of rotatable bonds is 2. The van der Waals surface area contributed by atoms with Crippen LogP contribution in [-0.2, 0) is 4.79 Å². The van der Waals surface area contributed by atoms with Gasteiger partial charge in [-0.15, -0.1) is 6.58 Å². The summed E-state index contributed by atoms with van der Waals surface area (Å²) in [6, 6.07) is 0. The van der Waals surface area contributed by atoms with Gasteiger partial charge in [0.15, 0.2) is 5.78 Å². The van der Waals surface area contributed by atoms with Crippen LogP contribution in [0.4, 0.5) is 0 Å². The predicted octanol–water partition coefficient (Wildman–Crippen LogP) is 2.06. The monoisotopic (exact) mass is 135 g/mol. The summed E-state index contributed by atoms with van der Waals surface area (Å²) in [4.78, 5) is 11.0. The average molecular weight is 135 g/mol. The second-order valence-corrected chi connectivity index (χ2v) is 2.49. The van der Waals surface area contributed by atoms with Crippen LogP contribution in [0.2, 0.25) is 0 Å². The van der Waals surface area contributed by atoms with Crippen molar-refractivity contribution >= 4 is 5.78 Å². The quantitative estimate of drug-likeness (QED) is 0.529. The Morgan fingerprint density at radius 2 is 2.50 bits per heavy atom. The summed E-state index contributed by atoms with van der Waals surface area (Å²) < 4.78 is 0. The van der Waals surface area contributed by atoms with E-state index < -0.39 is 0 Å². The molecule has 0 saturated heterocycles. The second-order valence-electron chi connectivity index (χ2n) is 2.49. The molecule has 0 amide bonds. The molecule has 1 aliphatic rings. The first kappa shape index (κ1) is 7.26. The van der Waals surface area contributed by atoms with E-state index in [1.165, 1.54) is 0 Å². The van der Waals surface area contributed by atoms with Crippen LogP contribution in [-0.4, -0.2) is 5.78 Å². The number of ketones is 1. The van der Waals surface area contributed by atoms with Crippen molar-refractivity contribution in [3.8, 4) is 0 Å². The van der Waals surface area contributed by atoms with Crippen molar-refractivity contribution in [3.63, 3.8) is 0 Å². The summed E-state index contributed by atoms with van der Waals surface area (Å²) in [6.07, 6.45) is 5.06. The maximum absolute atomic E-state index is 11.0. The van der Waals surface area contributed by atoms with Gasteiger partial charge in [0.25, 0.3) is 0 Å². The second kappa shape index (κ2) is 2.82. The Kier molecular flexibility index (Phi) is 2.05. The maximum atomic E-state index is 11.0. The third kappa shape index (κ3) is 1.18. The first-order chi connectivity index (χ1) is 4.75. The summed E-state index contributed by atoms with van der Waals surface area (Å²) in [6.45, 7) is 5.57. The van der Waals surface area contributed by atoms with Gasteiger partial charge in [0, 0.05) is 6.42 Å². The van der Waals surface area contributed by atoms with Gasteiger partial charge in [0.2, 0.25) is 0 Å². The van der Waals surface area contributed by atoms with Crippen molar-refractivity contribution < 1.29 is 4.79 Å². The van der Waals surface area contributed by atoms with Crippen LogP contribution in [0.15, 0.2) is 23.8 Å². The fourth-order valence-electron chi connectivity index (χ4n) is 1.13. The molecule has 0 N–H and O–H groups in total. The molecule has 0 saturated carbocycles. The molecular formula is C9H11O. The Morgan fingerprint density at radius 1 is 1.80 bits per heavy atom. The van der Waals surface area contributed by atoms with Crippen LogP contribution in [0.1, 0.15) is 19.8 Å². The topological polar surface area (TPSA) is 17.1 Å². The summed E-state index contributed by atoms with van der Waals surface area (Å²) in [5.41, 5.74) is 2.07. The third-order valence-corrected chi connectivity index (χ3v) is 1.75. The van der Waals surface area contributed by atoms with E-state index in [0.29, 0.717) is 6.42 Å². The predicted molar refractivity (Wildman–Crippen MR) is 41.4 cm³/mol. The van der Waals surface area contributed by atoms with Crippen molar-refractivity contribution in [3.05, 3.63) is 30.2 Å². The van der Waals surface area contributed by atoms with Gasteiger partial charge >= 0.3 is 0 Å². The first-order valence-corrected chi connectivity index (χ1v) is 3.42. The van der Waals surface area contributed by atoms with Gasteiger partial charge in [-0.05, 0) is 25.3 Å². The molecule has 0 bridgehead atoms. The zero-order valence-corrected chi connectivity index (χ0v) is 6.18. The number of carbonyl (C=O) groups is 1. The first-order valence-electron chi connectivity index (χ1n) is 3.42. The molecule has 1 radical (unpaired) electrons. The summed E-state index contributed by atoms with van der Waals surface area (Å²) >= 11 is 0. The number of Topliss-reactive ketones (excluding diaryl/α,β-unsaturated/α-hetero) is 1. The summed E-state index contributed by atoms with van der Waals surface area (Å²) in [5, 5.41) is 0. The van der Waals surface area contributed by atoms with E-state index in [1.54, 1.807) is 6.08 Å². The van der Waals surface area contributed by atoms with E-state index in [1.807, 2.05) is 13.3 Å². The highest BCUT2D eigenvalue weighted by molar-refractivity contribution is 6.00. The van der Waals surface area contributed by atoms with Crippen LogP contribution in [0.5, 0.6) is 0 Å². The SMILES string of the molecule is C=CCC1=C(C)[CH]CC1=O. The highest BCUT2D eigenvalue weighted by Crippen LogP contribution is 2.23. The lowest BCUT2D eigenvalue weighted by molar-refractivity contribution is -0.114. The Hall–Kier alpha value is -0.850. The van der Waals surface area contributed by atoms with Gasteiger partial charge in [-0.2, -0.15) is 0 Å². The van der Waals surface area contributed by atoms with Crippen molar-refractivity contribution in [1.29, 1.82) is 0 Å². The molecule has 1 nitrogen and oxygen atoms in total. The Bertz CT molecular complexity index is 199. The van der Waals surface area contributed by atoms with E-state index in [-0.39, 0.29) is 5.78 Å². The van der Waals surface area contributed by atoms with Gasteiger partial charge in [-0.25, -0.2) is 0 Å². The van der Waals surface area contributed by atoms with Crippen molar-refractivity contribution in [1.82, 2.24) is 0 Å². The Labute approximate surface area is 61.4 Å². The summed E-state index contributed by atoms with van der Waals surface area (Å²) in [7, 11) is 0. The molecule has 1 heteroatoms. The molecule has 10 heavy (non-hydrogen) atoms. The van der Waals surface area contributed by atoms with Crippen molar-refractivity contribution in [2.75, 3.05) is 0 Å². The Balaban J connectivity index is 2.77. The van der Waals surface area contributed by atoms with Gasteiger partial charge < -0.3 is 0 Å². The fraction of sp³-hybridized carbons (Fsp3) is 0.333. The molecule has 0 aromatic rings. The lowest BCUT2D eigenvalue weighted by Crippen LogP contribution is -1.93. The molecule has 0 heterocycles. The minimum atomic E-state index is 0.261. The molecule has 0 aromatic heterocycles. The molecular weight excluding hydrogens is 124 g/mol. The number of allylic oxidation sites excluding steroid dienone is 3. The van der Waals surface area contributed by atoms with E-state index >= 15 is 0 Å². The molecule has 0 unspecified atom stereocenters. The number of carbonyl (C=O) groups excluding carboxylic acids is 1. The molecule has 53 valence electrons. The Morgan fingerprint density at radius 3 is 2.90 bits per heavy atom. The molecule has 1 rings (SSSR count). The lowest BCUT2D eigenvalue weighted by atomic mass is 10.1. The minimum absolute atomic E-state index is 0.261. The third-order valence-electron chi connectivity index (χ3n) is 1.75. The molecule has 0 atom stereocenters. The highest BCUT2D eigenvalue weighted by Gasteiger charge is 2.18. The number of hydrogen-bond acceptors (Lipinski definition) is 1. The van der Waals surface area contributed by atoms with Gasteiger partial charge in [0.1, 0.15) is 0 Å². The minimum Gasteiger partial charge on any atom is -0.295 e. The van der Waals surface area contributed by atoms with Crippen LogP contribution >= 0.6 is 0 Å². The molecule has 0 aromatic carbocycles. The van der Waals surface area contributed by atoms with Crippen LogP contribution < -0.4 is 0 Å². The van der Waals surface area contributed by atoms with Crippen LogP contribution in [0.25, 0.3) is 0 Å². The van der Waals surface area contributed by atoms with E-state index in [2.05, 4.69) is 6.58 Å². The van der Waals surface area contributed by atoms with Crippen molar-refractivity contribution in [2.45, 2.75) is 19.8 Å². The van der Waals surface area contributed by atoms with Crippen LogP contribution in [0, 0.1) is 6.42 Å². The molecule has 0 fully saturated rings. The largest absolute Gasteiger partial charge is 0.295 e. The summed E-state index contributed by atoms with van der Waals surface area (Å²) in [5.74, 6) is 0.261. The van der Waals surface area contributed by atoms with Gasteiger partial charge in [-0.3, -0.25) is 4.79 Å². The maximum Gasteiger partial charge on any atom is 0.159 e. The lowest BCUT2D eigenvalue weighted by Gasteiger charge is -1.94. The van der Waals surface area contributed by atoms with E-state index in [0.717, 1.165) is 17.6 Å². The molecule has 0 spiro atoms. The van der Waals surface area contributed by atoms with Gasteiger partial charge in [-0.1, -0.05) is 11.6 Å². The zero-order valence-electron chi connectivity index (χ0n) is 6.18. The van der Waals surface area contributed by atoms with Crippen LogP contribution in [0.3, 0.4) is 0 Å². The fourth-order valence-corrected chi connectivity index (χ4v) is 1.13. The zero-order chi connectivity index (χ0) is 7.56.